The van der Waals surface area contributed by atoms with E-state index in [1.165, 1.54) is 19.3 Å². The molecule has 4 nitrogen and oxygen atoms in total. The summed E-state index contributed by atoms with van der Waals surface area (Å²) < 4.78 is 5.75. The largest absolute Gasteiger partial charge is 0.398 e. The zero-order valence-electron chi connectivity index (χ0n) is 11.5. The van der Waals surface area contributed by atoms with Gasteiger partial charge in [-0.15, -0.1) is 0 Å². The van der Waals surface area contributed by atoms with Crippen LogP contribution in [0.3, 0.4) is 0 Å². The van der Waals surface area contributed by atoms with E-state index in [-0.39, 0.29) is 5.91 Å². The van der Waals surface area contributed by atoms with E-state index in [0.717, 1.165) is 12.8 Å². The van der Waals surface area contributed by atoms with Gasteiger partial charge in [0, 0.05) is 12.1 Å². The summed E-state index contributed by atoms with van der Waals surface area (Å²) in [6.07, 6.45) is 6.46. The molecule has 0 aromatic heterocycles. The second-order valence-corrected chi connectivity index (χ2v) is 5.53. The van der Waals surface area contributed by atoms with Crippen molar-refractivity contribution in [3.05, 3.63) is 28.8 Å². The third-order valence-corrected chi connectivity index (χ3v) is 3.90. The van der Waals surface area contributed by atoms with Crippen LogP contribution in [0.4, 0.5) is 5.69 Å². The summed E-state index contributed by atoms with van der Waals surface area (Å²) in [5.74, 6) is -0.152. The van der Waals surface area contributed by atoms with Gasteiger partial charge in [0.1, 0.15) is 0 Å². The van der Waals surface area contributed by atoms with Crippen molar-refractivity contribution in [3.8, 4) is 0 Å². The van der Waals surface area contributed by atoms with E-state index in [1.54, 1.807) is 18.2 Å². The van der Waals surface area contributed by atoms with Gasteiger partial charge in [-0.3, -0.25) is 4.79 Å². The summed E-state index contributed by atoms with van der Waals surface area (Å²) in [7, 11) is 0. The number of nitrogens with two attached hydrogens (primary N) is 1. The predicted molar refractivity (Wildman–Crippen MR) is 81.0 cm³/mol. The fourth-order valence-corrected chi connectivity index (χ4v) is 2.53. The molecule has 0 unspecified atom stereocenters. The average molecular weight is 297 g/mol. The molecule has 1 fully saturated rings. The van der Waals surface area contributed by atoms with Crippen molar-refractivity contribution in [3.63, 3.8) is 0 Å². The highest BCUT2D eigenvalue weighted by atomic mass is 35.5. The minimum atomic E-state index is -0.152. The Morgan fingerprint density at radius 2 is 2.10 bits per heavy atom. The van der Waals surface area contributed by atoms with Crippen LogP contribution >= 0.6 is 11.6 Å². The molecule has 0 bridgehead atoms. The molecule has 3 N–H and O–H groups in total. The van der Waals surface area contributed by atoms with Gasteiger partial charge in [-0.1, -0.05) is 30.9 Å². The van der Waals surface area contributed by atoms with Crippen LogP contribution in [-0.4, -0.2) is 25.2 Å². The molecular formula is C15H21ClN2O2. The molecule has 0 aliphatic heterocycles. The third-order valence-electron chi connectivity index (χ3n) is 3.55. The Labute approximate surface area is 124 Å². The summed E-state index contributed by atoms with van der Waals surface area (Å²) in [6, 6.07) is 4.88. The number of nitrogens with one attached hydrogen (secondary N) is 1. The quantitative estimate of drug-likeness (QED) is 0.648. The summed E-state index contributed by atoms with van der Waals surface area (Å²) in [4.78, 5) is 11.9. The second-order valence-electron chi connectivity index (χ2n) is 5.12. The van der Waals surface area contributed by atoms with Crippen molar-refractivity contribution in [1.29, 1.82) is 0 Å². The molecule has 0 heterocycles. The highest BCUT2D eigenvalue weighted by Gasteiger charge is 2.13. The molecule has 1 aliphatic carbocycles. The first-order chi connectivity index (χ1) is 9.66. The number of amides is 1. The lowest BCUT2D eigenvalue weighted by molar-refractivity contribution is 0.0299. The van der Waals surface area contributed by atoms with Crippen molar-refractivity contribution in [2.75, 3.05) is 18.9 Å². The van der Waals surface area contributed by atoms with Crippen molar-refractivity contribution in [2.24, 2.45) is 0 Å². The van der Waals surface area contributed by atoms with Crippen LogP contribution in [0, 0.1) is 0 Å². The average Bonchev–Trinajstić information content (AvgIpc) is 2.47. The van der Waals surface area contributed by atoms with E-state index in [0.29, 0.717) is 35.5 Å². The molecule has 0 radical (unpaired) electrons. The Morgan fingerprint density at radius 3 is 2.80 bits per heavy atom. The maximum absolute atomic E-state index is 11.9. The molecule has 1 saturated carbocycles. The zero-order valence-corrected chi connectivity index (χ0v) is 12.3. The first kappa shape index (κ1) is 15.1. The van der Waals surface area contributed by atoms with Crippen LogP contribution in [0.15, 0.2) is 18.2 Å². The molecule has 1 aliphatic rings. The van der Waals surface area contributed by atoms with Crippen molar-refractivity contribution in [1.82, 2.24) is 5.32 Å². The SMILES string of the molecule is Nc1cc(C(=O)NCCOC2CCCCC2)ccc1Cl. The normalized spacial score (nSPS) is 16.1. The summed E-state index contributed by atoms with van der Waals surface area (Å²) in [5.41, 5.74) is 6.61. The lowest BCUT2D eigenvalue weighted by Crippen LogP contribution is -2.29. The van der Waals surface area contributed by atoms with E-state index in [2.05, 4.69) is 5.32 Å². The smallest absolute Gasteiger partial charge is 0.251 e. The van der Waals surface area contributed by atoms with Crippen molar-refractivity contribution >= 4 is 23.2 Å². The van der Waals surface area contributed by atoms with E-state index < -0.39 is 0 Å². The van der Waals surface area contributed by atoms with Gasteiger partial charge in [-0.2, -0.15) is 0 Å². The second kappa shape index (κ2) is 7.50. The molecule has 20 heavy (non-hydrogen) atoms. The fraction of sp³-hybridized carbons (Fsp3) is 0.533. The third kappa shape index (κ3) is 4.39. The van der Waals surface area contributed by atoms with E-state index in [9.17, 15) is 4.79 Å². The maximum Gasteiger partial charge on any atom is 0.251 e. The number of anilines is 1. The van der Waals surface area contributed by atoms with E-state index in [1.807, 2.05) is 0 Å². The van der Waals surface area contributed by atoms with Gasteiger partial charge in [-0.25, -0.2) is 0 Å². The lowest BCUT2D eigenvalue weighted by atomic mass is 9.98. The Hall–Kier alpha value is -1.26. The topological polar surface area (TPSA) is 64.4 Å². The monoisotopic (exact) mass is 296 g/mol. The number of benzene rings is 1. The molecule has 5 heteroatoms. The van der Waals surface area contributed by atoms with Gasteiger partial charge in [0.15, 0.2) is 0 Å². The number of rotatable bonds is 5. The number of carbonyl (C=O) groups is 1. The molecule has 1 aromatic carbocycles. The van der Waals surface area contributed by atoms with Gasteiger partial charge in [0.25, 0.3) is 5.91 Å². The van der Waals surface area contributed by atoms with Gasteiger partial charge >= 0.3 is 0 Å². The Balaban J connectivity index is 1.70. The van der Waals surface area contributed by atoms with Crippen LogP contribution in [0.5, 0.6) is 0 Å². The number of halogens is 1. The molecule has 110 valence electrons. The molecule has 1 aromatic rings. The molecule has 2 rings (SSSR count). The number of hydrogen-bond donors (Lipinski definition) is 2. The van der Waals surface area contributed by atoms with Crippen LogP contribution in [0.2, 0.25) is 5.02 Å². The van der Waals surface area contributed by atoms with Gasteiger partial charge in [0.05, 0.1) is 23.4 Å². The molecule has 0 saturated heterocycles. The summed E-state index contributed by atoms with van der Waals surface area (Å²) >= 11 is 5.82. The minimum absolute atomic E-state index is 0.152. The standard InChI is InChI=1S/C15H21ClN2O2/c16-13-7-6-11(10-14(13)17)15(19)18-8-9-20-12-4-2-1-3-5-12/h6-7,10,12H,1-5,8-9,17H2,(H,18,19). The molecule has 0 atom stereocenters. The molecule has 1 amide bonds. The Kier molecular flexibility index (Phi) is 5.68. The minimum Gasteiger partial charge on any atom is -0.398 e. The van der Waals surface area contributed by atoms with Crippen LogP contribution in [0.1, 0.15) is 42.5 Å². The summed E-state index contributed by atoms with van der Waals surface area (Å²) in [5, 5.41) is 3.28. The fourth-order valence-electron chi connectivity index (χ4n) is 2.41. The van der Waals surface area contributed by atoms with Crippen molar-refractivity contribution < 1.29 is 9.53 Å². The van der Waals surface area contributed by atoms with E-state index >= 15 is 0 Å². The predicted octanol–water partition coefficient (Wildman–Crippen LogP) is 3.00. The summed E-state index contributed by atoms with van der Waals surface area (Å²) in [6.45, 7) is 1.07. The van der Waals surface area contributed by atoms with Crippen LogP contribution in [-0.2, 0) is 4.74 Å². The number of nitrogen functional groups attached to an aromatic ring is 1. The highest BCUT2D eigenvalue weighted by molar-refractivity contribution is 6.33. The van der Waals surface area contributed by atoms with E-state index in [4.69, 9.17) is 22.1 Å². The molecule has 0 spiro atoms. The highest BCUT2D eigenvalue weighted by Crippen LogP contribution is 2.20. The first-order valence-electron chi connectivity index (χ1n) is 7.11. The lowest BCUT2D eigenvalue weighted by Gasteiger charge is -2.22. The van der Waals surface area contributed by atoms with Crippen LogP contribution in [0.25, 0.3) is 0 Å². The number of ether oxygens (including phenoxy) is 1. The van der Waals surface area contributed by atoms with Gasteiger partial charge in [-0.05, 0) is 31.0 Å². The first-order valence-corrected chi connectivity index (χ1v) is 7.49. The number of carbonyl (C=O) groups excluding carboxylic acids is 1. The Bertz CT molecular complexity index is 459. The maximum atomic E-state index is 11.9. The van der Waals surface area contributed by atoms with Gasteiger partial charge in [0.2, 0.25) is 0 Å². The van der Waals surface area contributed by atoms with Gasteiger partial charge < -0.3 is 15.8 Å². The Morgan fingerprint density at radius 1 is 1.35 bits per heavy atom. The zero-order chi connectivity index (χ0) is 14.4. The number of hydrogen-bond acceptors (Lipinski definition) is 3. The molecular weight excluding hydrogens is 276 g/mol. The van der Waals surface area contributed by atoms with Crippen molar-refractivity contribution in [2.45, 2.75) is 38.2 Å². The van der Waals surface area contributed by atoms with Crippen LogP contribution < -0.4 is 11.1 Å².